The summed E-state index contributed by atoms with van der Waals surface area (Å²) in [5.74, 6) is -1.58. The van der Waals surface area contributed by atoms with Gasteiger partial charge in [-0.1, -0.05) is 89.6 Å². The average Bonchev–Trinajstić information content (AvgIpc) is 3.13. The minimum atomic E-state index is -1.12. The van der Waals surface area contributed by atoms with E-state index in [1.807, 2.05) is 50.2 Å². The molecule has 3 rings (SSSR count). The van der Waals surface area contributed by atoms with Gasteiger partial charge in [0.25, 0.3) is 0 Å². The number of aliphatic carboxylic acids is 1. The maximum absolute atomic E-state index is 13.0. The zero-order chi connectivity index (χ0) is 25.8. The highest BCUT2D eigenvalue weighted by atomic mass is 16.5. The molecule has 0 fully saturated rings. The molecule has 35 heavy (non-hydrogen) atoms. The fraction of sp³-hybridized carbons (Fsp3) is 0.464. The number of carboxylic acids is 1. The Morgan fingerprint density at radius 2 is 1.51 bits per heavy atom. The Kier molecular flexibility index (Phi) is 8.20. The number of amides is 2. The number of carbonyl (C=O) groups is 3. The van der Waals surface area contributed by atoms with Crippen molar-refractivity contribution < 1.29 is 24.2 Å². The van der Waals surface area contributed by atoms with Crippen molar-refractivity contribution in [1.82, 2.24) is 10.6 Å². The zero-order valence-corrected chi connectivity index (χ0v) is 21.1. The molecule has 0 bridgehead atoms. The van der Waals surface area contributed by atoms with Crippen molar-refractivity contribution in [2.45, 2.75) is 65.5 Å². The fourth-order valence-corrected chi connectivity index (χ4v) is 4.47. The van der Waals surface area contributed by atoms with E-state index in [2.05, 4.69) is 22.8 Å². The van der Waals surface area contributed by atoms with Crippen molar-refractivity contribution >= 4 is 18.0 Å². The topological polar surface area (TPSA) is 105 Å². The summed E-state index contributed by atoms with van der Waals surface area (Å²) in [7, 11) is 0. The number of fused-ring (bicyclic) bond motifs is 3. The fourth-order valence-electron chi connectivity index (χ4n) is 4.47. The number of nitrogens with one attached hydrogen (secondary N) is 2. The lowest BCUT2D eigenvalue weighted by atomic mass is 9.86. The molecule has 2 aromatic carbocycles. The van der Waals surface area contributed by atoms with Gasteiger partial charge in [0.05, 0.1) is 0 Å². The second-order valence-electron chi connectivity index (χ2n) is 10.4. The first kappa shape index (κ1) is 26.3. The number of rotatable bonds is 9. The Balaban J connectivity index is 1.70. The molecule has 0 heterocycles. The van der Waals surface area contributed by atoms with Crippen LogP contribution in [0.4, 0.5) is 4.79 Å². The van der Waals surface area contributed by atoms with Gasteiger partial charge in [0.1, 0.15) is 18.7 Å². The number of hydrogen-bond acceptors (Lipinski definition) is 4. The minimum Gasteiger partial charge on any atom is -0.480 e. The lowest BCUT2D eigenvalue weighted by molar-refractivity contribution is -0.145. The van der Waals surface area contributed by atoms with Crippen LogP contribution in [0.3, 0.4) is 0 Å². The van der Waals surface area contributed by atoms with Crippen LogP contribution in [0.15, 0.2) is 48.5 Å². The first-order chi connectivity index (χ1) is 16.5. The maximum atomic E-state index is 13.0. The van der Waals surface area contributed by atoms with Crippen LogP contribution in [0, 0.1) is 11.3 Å². The molecular weight excluding hydrogens is 444 g/mol. The van der Waals surface area contributed by atoms with E-state index in [1.54, 1.807) is 20.8 Å². The van der Waals surface area contributed by atoms with Crippen LogP contribution in [0.25, 0.3) is 11.1 Å². The van der Waals surface area contributed by atoms with E-state index in [1.165, 1.54) is 0 Å². The van der Waals surface area contributed by atoms with Gasteiger partial charge in [0.15, 0.2) is 0 Å². The Hall–Kier alpha value is -3.35. The second-order valence-corrected chi connectivity index (χ2v) is 10.4. The van der Waals surface area contributed by atoms with E-state index >= 15 is 0 Å². The number of carbonyl (C=O) groups excluding carboxylic acids is 2. The largest absolute Gasteiger partial charge is 0.480 e. The van der Waals surface area contributed by atoms with E-state index in [9.17, 15) is 19.5 Å². The van der Waals surface area contributed by atoms with Crippen LogP contribution in [0.5, 0.6) is 0 Å². The summed E-state index contributed by atoms with van der Waals surface area (Å²) in [6.45, 7) is 9.36. The van der Waals surface area contributed by atoms with E-state index in [-0.39, 0.29) is 18.4 Å². The normalized spacial score (nSPS) is 15.3. The molecule has 3 N–H and O–H groups in total. The smallest absolute Gasteiger partial charge is 0.407 e. The highest BCUT2D eigenvalue weighted by molar-refractivity contribution is 5.89. The minimum absolute atomic E-state index is 0.0905. The Morgan fingerprint density at radius 1 is 0.971 bits per heavy atom. The summed E-state index contributed by atoms with van der Waals surface area (Å²) < 4.78 is 5.61. The molecule has 2 unspecified atom stereocenters. The average molecular weight is 481 g/mol. The maximum Gasteiger partial charge on any atom is 0.407 e. The van der Waals surface area contributed by atoms with Crippen LogP contribution in [0.2, 0.25) is 0 Å². The number of benzene rings is 2. The Labute approximate surface area is 207 Å². The summed E-state index contributed by atoms with van der Waals surface area (Å²) in [5.41, 5.74) is 3.78. The van der Waals surface area contributed by atoms with Crippen molar-refractivity contribution in [3.8, 4) is 11.1 Å². The Morgan fingerprint density at radius 3 is 2.00 bits per heavy atom. The highest BCUT2D eigenvalue weighted by Crippen LogP contribution is 2.44. The molecule has 7 nitrogen and oxygen atoms in total. The molecular formula is C28H36N2O5. The molecule has 1 aliphatic carbocycles. The second kappa shape index (κ2) is 10.9. The standard InChI is InChI=1S/C28H36N2O5/c1-6-17(2)15-23(25(31)30-24(26(32)33)28(3,4)5)29-27(34)35-16-22-20-13-9-7-11-18(20)19-12-8-10-14-21(19)22/h7-14,17,22-24H,6,15-16H2,1-5H3,(H,29,34)(H,30,31)(H,32,33)/t17?,23?,24-/m0/s1. The monoisotopic (exact) mass is 480 g/mol. The molecule has 0 aliphatic heterocycles. The summed E-state index contributed by atoms with van der Waals surface area (Å²) in [6, 6.07) is 14.2. The molecule has 0 saturated heterocycles. The SMILES string of the molecule is CCC(C)CC(NC(=O)OCC1c2ccccc2-c2ccccc21)C(=O)N[C@@H](C(=O)O)C(C)(C)C. The van der Waals surface area contributed by atoms with Gasteiger partial charge in [0, 0.05) is 5.92 Å². The molecule has 3 atom stereocenters. The van der Waals surface area contributed by atoms with Crippen LogP contribution < -0.4 is 10.6 Å². The summed E-state index contributed by atoms with van der Waals surface area (Å²) in [5, 5.41) is 14.9. The molecule has 188 valence electrons. The van der Waals surface area contributed by atoms with E-state index in [4.69, 9.17) is 4.74 Å². The lowest BCUT2D eigenvalue weighted by Crippen LogP contribution is -2.55. The number of alkyl carbamates (subject to hydrolysis) is 1. The van der Waals surface area contributed by atoms with Gasteiger partial charge < -0.3 is 20.5 Å². The van der Waals surface area contributed by atoms with Crippen molar-refractivity contribution in [2.24, 2.45) is 11.3 Å². The lowest BCUT2D eigenvalue weighted by Gasteiger charge is -2.30. The van der Waals surface area contributed by atoms with Crippen LogP contribution in [-0.2, 0) is 14.3 Å². The molecule has 1 aliphatic rings. The van der Waals surface area contributed by atoms with Gasteiger partial charge in [-0.05, 0) is 40.0 Å². The van der Waals surface area contributed by atoms with Gasteiger partial charge in [-0.15, -0.1) is 0 Å². The van der Waals surface area contributed by atoms with Crippen molar-refractivity contribution in [3.05, 3.63) is 59.7 Å². The van der Waals surface area contributed by atoms with E-state index in [0.29, 0.717) is 6.42 Å². The van der Waals surface area contributed by atoms with Crippen LogP contribution in [-0.4, -0.2) is 41.8 Å². The summed E-state index contributed by atoms with van der Waals surface area (Å²) in [4.78, 5) is 37.6. The third-order valence-corrected chi connectivity index (χ3v) is 6.69. The van der Waals surface area contributed by atoms with Gasteiger partial charge >= 0.3 is 12.1 Å². The predicted molar refractivity (Wildman–Crippen MR) is 135 cm³/mol. The Bertz CT molecular complexity index is 1030. The third-order valence-electron chi connectivity index (χ3n) is 6.69. The predicted octanol–water partition coefficient (Wildman–Crippen LogP) is 4.95. The molecule has 2 amide bonds. The van der Waals surface area contributed by atoms with Crippen molar-refractivity contribution in [3.63, 3.8) is 0 Å². The summed E-state index contributed by atoms with van der Waals surface area (Å²) in [6.07, 6.45) is 0.499. The van der Waals surface area contributed by atoms with Gasteiger partial charge in [0.2, 0.25) is 5.91 Å². The van der Waals surface area contributed by atoms with Crippen LogP contribution >= 0.6 is 0 Å². The number of carboxylic acid groups (broad SMARTS) is 1. The summed E-state index contributed by atoms with van der Waals surface area (Å²) >= 11 is 0. The van der Waals surface area contributed by atoms with Crippen molar-refractivity contribution in [1.29, 1.82) is 0 Å². The first-order valence-electron chi connectivity index (χ1n) is 12.2. The number of hydrogen-bond donors (Lipinski definition) is 3. The van der Waals surface area contributed by atoms with Gasteiger partial charge in [-0.3, -0.25) is 4.79 Å². The van der Waals surface area contributed by atoms with Crippen molar-refractivity contribution in [2.75, 3.05) is 6.61 Å². The van der Waals surface area contributed by atoms with Gasteiger partial charge in [-0.2, -0.15) is 0 Å². The highest BCUT2D eigenvalue weighted by Gasteiger charge is 2.35. The molecule has 0 saturated carbocycles. The zero-order valence-electron chi connectivity index (χ0n) is 21.1. The quantitative estimate of drug-likeness (QED) is 0.471. The van der Waals surface area contributed by atoms with E-state index in [0.717, 1.165) is 28.7 Å². The molecule has 7 heteroatoms. The van der Waals surface area contributed by atoms with Gasteiger partial charge in [-0.25, -0.2) is 9.59 Å². The molecule has 0 radical (unpaired) electrons. The molecule has 0 spiro atoms. The number of ether oxygens (including phenoxy) is 1. The van der Waals surface area contributed by atoms with E-state index < -0.39 is 35.5 Å². The molecule has 2 aromatic rings. The first-order valence-corrected chi connectivity index (χ1v) is 12.2. The van der Waals surface area contributed by atoms with Crippen LogP contribution in [0.1, 0.15) is 64.5 Å². The third kappa shape index (κ3) is 6.21. The molecule has 0 aromatic heterocycles.